The summed E-state index contributed by atoms with van der Waals surface area (Å²) >= 11 is 0. The van der Waals surface area contributed by atoms with Crippen molar-refractivity contribution in [3.63, 3.8) is 0 Å². The average Bonchev–Trinajstić information content (AvgIpc) is 2.98. The smallest absolute Gasteiger partial charge is 0.261 e. The number of aryl methyl sites for hydroxylation is 2. The van der Waals surface area contributed by atoms with Crippen molar-refractivity contribution in [1.29, 1.82) is 0 Å². The lowest BCUT2D eigenvalue weighted by Crippen LogP contribution is -2.15. The molecular weight excluding hydrogens is 542 g/mol. The lowest BCUT2D eigenvalue weighted by molar-refractivity contribution is 0.103. The number of aromatic hydroxyl groups is 1. The molecule has 0 radical (unpaired) electrons. The molecule has 0 bridgehead atoms. The second kappa shape index (κ2) is 15.0. The molecule has 5 nitrogen and oxygen atoms in total. The molecule has 0 aliphatic rings. The minimum Gasteiger partial charge on any atom is -0.507 e. The van der Waals surface area contributed by atoms with Crippen LogP contribution >= 0.6 is 0 Å². The number of carbonyl (C=O) groups excluding carboxylic acids is 1. The highest BCUT2D eigenvalue weighted by Crippen LogP contribution is 2.32. The Morgan fingerprint density at radius 1 is 0.738 bits per heavy atom. The number of benzene rings is 4. The molecule has 0 amide bonds. The van der Waals surface area contributed by atoms with Gasteiger partial charge in [0.15, 0.2) is 5.78 Å². The second-order valence-electron chi connectivity index (χ2n) is 11.2. The van der Waals surface area contributed by atoms with Crippen LogP contribution in [0.5, 0.6) is 5.75 Å². The lowest BCUT2D eigenvalue weighted by Gasteiger charge is -2.14. The standard InChI is InChI=1S/C36H43NO4S/c1-3-4-5-6-7-8-9-10-11-13-16-28-20-22-31(42(40,41)37-30-17-14-12-15-18-30)26-34(28)36(39)33-24-21-29-25-27(2)19-23-32(29)35(33)38/h12,14-15,17-26,37-38H,3-11,13,16H2,1-2H3. The number of sulfonamides is 1. The second-order valence-corrected chi connectivity index (χ2v) is 12.9. The van der Waals surface area contributed by atoms with Gasteiger partial charge in [-0.3, -0.25) is 9.52 Å². The number of anilines is 1. The van der Waals surface area contributed by atoms with E-state index in [-0.39, 0.29) is 22.0 Å². The summed E-state index contributed by atoms with van der Waals surface area (Å²) in [6, 6.07) is 22.6. The monoisotopic (exact) mass is 585 g/mol. The van der Waals surface area contributed by atoms with Crippen molar-refractivity contribution in [2.75, 3.05) is 4.72 Å². The first-order valence-corrected chi connectivity index (χ1v) is 16.8. The third kappa shape index (κ3) is 8.22. The minimum absolute atomic E-state index is 0.0115. The molecule has 0 saturated heterocycles. The van der Waals surface area contributed by atoms with Gasteiger partial charge in [-0.25, -0.2) is 8.42 Å². The first-order valence-electron chi connectivity index (χ1n) is 15.3. The zero-order valence-corrected chi connectivity index (χ0v) is 25.7. The number of hydrogen-bond donors (Lipinski definition) is 2. The highest BCUT2D eigenvalue weighted by atomic mass is 32.2. The van der Waals surface area contributed by atoms with Gasteiger partial charge in [0.25, 0.3) is 10.0 Å². The fourth-order valence-corrected chi connectivity index (χ4v) is 6.52. The number of para-hydroxylation sites is 1. The molecule has 0 unspecified atom stereocenters. The van der Waals surface area contributed by atoms with E-state index in [0.29, 0.717) is 23.1 Å². The highest BCUT2D eigenvalue weighted by Gasteiger charge is 2.23. The summed E-state index contributed by atoms with van der Waals surface area (Å²) in [5, 5.41) is 12.5. The molecule has 0 atom stereocenters. The van der Waals surface area contributed by atoms with Crippen LogP contribution in [0.25, 0.3) is 10.8 Å². The first-order chi connectivity index (χ1) is 20.3. The Balaban J connectivity index is 1.55. The summed E-state index contributed by atoms with van der Waals surface area (Å²) < 4.78 is 29.1. The molecule has 222 valence electrons. The van der Waals surface area contributed by atoms with Gasteiger partial charge < -0.3 is 5.11 Å². The molecule has 0 saturated carbocycles. The highest BCUT2D eigenvalue weighted by molar-refractivity contribution is 7.92. The summed E-state index contributed by atoms with van der Waals surface area (Å²) in [6.45, 7) is 4.21. The van der Waals surface area contributed by atoms with E-state index in [2.05, 4.69) is 11.6 Å². The Morgan fingerprint density at radius 2 is 1.40 bits per heavy atom. The topological polar surface area (TPSA) is 83.5 Å². The molecule has 6 heteroatoms. The number of ketones is 1. The maximum atomic E-state index is 13.9. The third-order valence-corrected chi connectivity index (χ3v) is 9.23. The van der Waals surface area contributed by atoms with Crippen LogP contribution in [0.15, 0.2) is 83.8 Å². The molecule has 0 aliphatic carbocycles. The van der Waals surface area contributed by atoms with Crippen LogP contribution in [-0.4, -0.2) is 19.3 Å². The molecule has 0 spiro atoms. The first kappa shape index (κ1) is 31.3. The largest absolute Gasteiger partial charge is 0.507 e. The summed E-state index contributed by atoms with van der Waals surface area (Å²) in [7, 11) is -3.93. The quantitative estimate of drug-likeness (QED) is 0.101. The van der Waals surface area contributed by atoms with Crippen molar-refractivity contribution in [2.45, 2.75) is 89.4 Å². The molecule has 0 fully saturated rings. The van der Waals surface area contributed by atoms with Crippen molar-refractivity contribution in [1.82, 2.24) is 0 Å². The van der Waals surface area contributed by atoms with Crippen molar-refractivity contribution in [3.05, 3.63) is 101 Å². The van der Waals surface area contributed by atoms with Crippen LogP contribution in [0, 0.1) is 6.92 Å². The van der Waals surface area contributed by atoms with Crippen LogP contribution in [-0.2, 0) is 16.4 Å². The number of carbonyl (C=O) groups is 1. The van der Waals surface area contributed by atoms with Crippen molar-refractivity contribution in [2.24, 2.45) is 0 Å². The fraction of sp³-hybridized carbons (Fsp3) is 0.361. The Bertz CT molecular complexity index is 1600. The molecule has 4 aromatic rings. The normalized spacial score (nSPS) is 11.6. The lowest BCUT2D eigenvalue weighted by atomic mass is 9.93. The van der Waals surface area contributed by atoms with Gasteiger partial charge in [0.2, 0.25) is 0 Å². The molecule has 0 aliphatic heterocycles. The number of phenolic OH excluding ortho intramolecular Hbond substituents is 1. The van der Waals surface area contributed by atoms with Gasteiger partial charge in [-0.2, -0.15) is 0 Å². The van der Waals surface area contributed by atoms with Gasteiger partial charge in [0, 0.05) is 16.6 Å². The Labute approximate surface area is 251 Å². The Kier molecular flexibility index (Phi) is 11.2. The number of unbranched alkanes of at least 4 members (excludes halogenated alkanes) is 9. The maximum absolute atomic E-state index is 13.9. The van der Waals surface area contributed by atoms with Gasteiger partial charge in [0.05, 0.1) is 10.5 Å². The zero-order chi connectivity index (χ0) is 30.0. The summed E-state index contributed by atoms with van der Waals surface area (Å²) in [5.74, 6) is -0.466. The molecule has 0 aromatic heterocycles. The molecule has 0 heterocycles. The van der Waals surface area contributed by atoms with Crippen LogP contribution in [0.1, 0.15) is 98.2 Å². The van der Waals surface area contributed by atoms with Gasteiger partial charge >= 0.3 is 0 Å². The minimum atomic E-state index is -3.93. The number of phenols is 1. The van der Waals surface area contributed by atoms with E-state index in [1.807, 2.05) is 37.3 Å². The van der Waals surface area contributed by atoms with Crippen LogP contribution in [0.2, 0.25) is 0 Å². The molecule has 42 heavy (non-hydrogen) atoms. The summed E-state index contributed by atoms with van der Waals surface area (Å²) in [5.41, 5.74) is 2.78. The van der Waals surface area contributed by atoms with E-state index in [1.165, 1.54) is 51.0 Å². The van der Waals surface area contributed by atoms with Gasteiger partial charge in [-0.05, 0) is 61.0 Å². The number of hydrogen-bond acceptors (Lipinski definition) is 4. The van der Waals surface area contributed by atoms with Gasteiger partial charge in [-0.15, -0.1) is 0 Å². The number of nitrogens with one attached hydrogen (secondary N) is 1. The van der Waals surface area contributed by atoms with E-state index < -0.39 is 10.0 Å². The van der Waals surface area contributed by atoms with E-state index in [9.17, 15) is 18.3 Å². The molecule has 2 N–H and O–H groups in total. The Morgan fingerprint density at radius 3 is 2.10 bits per heavy atom. The van der Waals surface area contributed by atoms with Crippen molar-refractivity contribution in [3.8, 4) is 5.75 Å². The zero-order valence-electron chi connectivity index (χ0n) is 24.9. The average molecular weight is 586 g/mol. The SMILES string of the molecule is CCCCCCCCCCCCc1ccc(S(=O)(=O)Nc2ccccc2)cc1C(=O)c1ccc2cc(C)ccc2c1O. The molecule has 4 aromatic carbocycles. The van der Waals surface area contributed by atoms with E-state index >= 15 is 0 Å². The predicted octanol–water partition coefficient (Wildman–Crippen LogP) is 9.35. The molecule has 4 rings (SSSR count). The van der Waals surface area contributed by atoms with E-state index in [0.717, 1.165) is 35.8 Å². The molecular formula is C36H43NO4S. The number of fused-ring (bicyclic) bond motifs is 1. The number of rotatable bonds is 16. The predicted molar refractivity (Wildman–Crippen MR) is 173 cm³/mol. The van der Waals surface area contributed by atoms with Gasteiger partial charge in [-0.1, -0.05) is 119 Å². The third-order valence-electron chi connectivity index (χ3n) is 7.85. The van der Waals surface area contributed by atoms with Crippen LogP contribution in [0.4, 0.5) is 5.69 Å². The van der Waals surface area contributed by atoms with Crippen molar-refractivity contribution < 1.29 is 18.3 Å². The van der Waals surface area contributed by atoms with Crippen molar-refractivity contribution >= 4 is 32.3 Å². The van der Waals surface area contributed by atoms with Crippen LogP contribution < -0.4 is 4.72 Å². The van der Waals surface area contributed by atoms with Gasteiger partial charge in [0.1, 0.15) is 5.75 Å². The fourth-order valence-electron chi connectivity index (χ4n) is 5.44. The van der Waals surface area contributed by atoms with E-state index in [4.69, 9.17) is 0 Å². The van der Waals surface area contributed by atoms with E-state index in [1.54, 1.807) is 42.5 Å². The van der Waals surface area contributed by atoms with Crippen LogP contribution in [0.3, 0.4) is 0 Å². The Hall–Kier alpha value is -3.64. The maximum Gasteiger partial charge on any atom is 0.261 e. The summed E-state index contributed by atoms with van der Waals surface area (Å²) in [6.07, 6.45) is 12.8. The summed E-state index contributed by atoms with van der Waals surface area (Å²) in [4.78, 5) is 14.0.